The van der Waals surface area contributed by atoms with Crippen molar-refractivity contribution in [3.8, 4) is 0 Å². The third-order valence-electron chi connectivity index (χ3n) is 5.39. The third kappa shape index (κ3) is 5.83. The summed E-state index contributed by atoms with van der Waals surface area (Å²) in [5.41, 5.74) is 1.81. The molecule has 0 radical (unpaired) electrons. The number of carbonyl (C=O) groups is 2. The van der Waals surface area contributed by atoms with Crippen LogP contribution < -0.4 is 5.32 Å². The Kier molecular flexibility index (Phi) is 8.13. The zero-order valence-corrected chi connectivity index (χ0v) is 18.7. The Labute approximate surface area is 185 Å². The Balaban J connectivity index is 1.90. The molecule has 1 fully saturated rings. The highest BCUT2D eigenvalue weighted by Crippen LogP contribution is 2.32. The van der Waals surface area contributed by atoms with Gasteiger partial charge in [-0.3, -0.25) is 9.59 Å². The van der Waals surface area contributed by atoms with Crippen LogP contribution in [0.25, 0.3) is 0 Å². The van der Waals surface area contributed by atoms with E-state index in [-0.39, 0.29) is 23.7 Å². The van der Waals surface area contributed by atoms with Crippen molar-refractivity contribution >= 4 is 39.3 Å². The second kappa shape index (κ2) is 10.8. The van der Waals surface area contributed by atoms with Crippen LogP contribution in [0.2, 0.25) is 0 Å². The van der Waals surface area contributed by atoms with E-state index in [1.807, 2.05) is 54.6 Å². The standard InChI is InChI=1S/C23H26BrClN2O2/c24-19-13-11-18(12-14-19)22(23(29)26-16-17-7-3-1-4-8-17)27(21(28)15-25)20-9-5-2-6-10-20/h1,3-4,7-8,11-14,20,22H,2,5-6,9-10,15-16H2,(H,26,29). The Morgan fingerprint density at radius 2 is 1.69 bits per heavy atom. The fourth-order valence-corrected chi connectivity index (χ4v) is 4.35. The maximum atomic E-state index is 13.3. The number of halogens is 2. The minimum absolute atomic E-state index is 0.0334. The maximum Gasteiger partial charge on any atom is 0.247 e. The Morgan fingerprint density at radius 3 is 2.31 bits per heavy atom. The minimum Gasteiger partial charge on any atom is -0.350 e. The largest absolute Gasteiger partial charge is 0.350 e. The van der Waals surface area contributed by atoms with Gasteiger partial charge in [0.1, 0.15) is 11.9 Å². The van der Waals surface area contributed by atoms with Crippen molar-refractivity contribution in [2.24, 2.45) is 0 Å². The van der Waals surface area contributed by atoms with Crippen molar-refractivity contribution < 1.29 is 9.59 Å². The molecule has 0 spiro atoms. The van der Waals surface area contributed by atoms with E-state index in [2.05, 4.69) is 21.2 Å². The summed E-state index contributed by atoms with van der Waals surface area (Å²) in [4.78, 5) is 28.0. The van der Waals surface area contributed by atoms with E-state index in [0.717, 1.165) is 41.3 Å². The number of carbonyl (C=O) groups excluding carboxylic acids is 2. The molecule has 3 rings (SSSR count). The monoisotopic (exact) mass is 476 g/mol. The zero-order valence-electron chi connectivity index (χ0n) is 16.3. The van der Waals surface area contributed by atoms with Gasteiger partial charge in [0.15, 0.2) is 0 Å². The fourth-order valence-electron chi connectivity index (χ4n) is 3.95. The molecule has 2 amide bonds. The lowest BCUT2D eigenvalue weighted by Gasteiger charge is -2.39. The van der Waals surface area contributed by atoms with Crippen LogP contribution in [0.5, 0.6) is 0 Å². The van der Waals surface area contributed by atoms with Gasteiger partial charge >= 0.3 is 0 Å². The van der Waals surface area contributed by atoms with Crippen LogP contribution in [0.1, 0.15) is 49.3 Å². The van der Waals surface area contributed by atoms with E-state index < -0.39 is 6.04 Å². The van der Waals surface area contributed by atoms with Crippen LogP contribution in [-0.4, -0.2) is 28.6 Å². The molecule has 0 heterocycles. The number of nitrogens with one attached hydrogen (secondary N) is 1. The average Bonchev–Trinajstić information content (AvgIpc) is 2.77. The molecule has 1 unspecified atom stereocenters. The number of amides is 2. The lowest BCUT2D eigenvalue weighted by Crippen LogP contribution is -2.49. The fraction of sp³-hybridized carbons (Fsp3) is 0.391. The van der Waals surface area contributed by atoms with Crippen molar-refractivity contribution in [3.05, 3.63) is 70.2 Å². The molecule has 154 valence electrons. The number of rotatable bonds is 7. The predicted molar refractivity (Wildman–Crippen MR) is 120 cm³/mol. The topological polar surface area (TPSA) is 49.4 Å². The summed E-state index contributed by atoms with van der Waals surface area (Å²) < 4.78 is 0.928. The van der Waals surface area contributed by atoms with E-state index in [4.69, 9.17) is 11.6 Å². The molecule has 2 aromatic carbocycles. The van der Waals surface area contributed by atoms with Crippen LogP contribution in [0.3, 0.4) is 0 Å². The summed E-state index contributed by atoms with van der Waals surface area (Å²) in [6.07, 6.45) is 5.11. The Morgan fingerprint density at radius 1 is 1.03 bits per heavy atom. The van der Waals surface area contributed by atoms with Gasteiger partial charge in [0.25, 0.3) is 0 Å². The quantitative estimate of drug-likeness (QED) is 0.557. The number of alkyl halides is 1. The molecular weight excluding hydrogens is 452 g/mol. The first-order valence-electron chi connectivity index (χ1n) is 10.0. The normalized spacial score (nSPS) is 15.5. The van der Waals surface area contributed by atoms with Gasteiger partial charge in [-0.05, 0) is 36.1 Å². The molecule has 1 aliphatic rings. The molecule has 0 saturated heterocycles. The van der Waals surface area contributed by atoms with Crippen molar-refractivity contribution in [2.45, 2.75) is 50.7 Å². The summed E-state index contributed by atoms with van der Waals surface area (Å²) in [6.45, 7) is 0.417. The molecule has 1 atom stereocenters. The molecule has 6 heteroatoms. The summed E-state index contributed by atoms with van der Waals surface area (Å²) in [5, 5.41) is 3.02. The smallest absolute Gasteiger partial charge is 0.247 e. The van der Waals surface area contributed by atoms with Crippen molar-refractivity contribution in [1.82, 2.24) is 10.2 Å². The van der Waals surface area contributed by atoms with E-state index in [1.165, 1.54) is 6.42 Å². The highest BCUT2D eigenvalue weighted by atomic mass is 79.9. The average molecular weight is 478 g/mol. The molecule has 4 nitrogen and oxygen atoms in total. The predicted octanol–water partition coefficient (Wildman–Crippen LogP) is 5.21. The van der Waals surface area contributed by atoms with Crippen molar-refractivity contribution in [1.29, 1.82) is 0 Å². The van der Waals surface area contributed by atoms with E-state index in [9.17, 15) is 9.59 Å². The molecule has 0 bridgehead atoms. The number of benzene rings is 2. The molecule has 1 saturated carbocycles. The number of nitrogens with zero attached hydrogens (tertiary/aromatic N) is 1. The van der Waals surface area contributed by atoms with Gasteiger partial charge in [-0.2, -0.15) is 0 Å². The first kappa shape index (κ1) is 21.8. The van der Waals surface area contributed by atoms with E-state index >= 15 is 0 Å². The molecule has 1 aliphatic carbocycles. The first-order valence-corrected chi connectivity index (χ1v) is 11.4. The zero-order chi connectivity index (χ0) is 20.6. The summed E-state index contributed by atoms with van der Waals surface area (Å²) in [7, 11) is 0. The first-order chi connectivity index (χ1) is 14.1. The lowest BCUT2D eigenvalue weighted by atomic mass is 9.91. The van der Waals surface area contributed by atoms with Gasteiger partial charge < -0.3 is 10.2 Å². The molecule has 2 aromatic rings. The summed E-state index contributed by atoms with van der Waals surface area (Å²) in [6, 6.07) is 16.7. The van der Waals surface area contributed by atoms with Gasteiger partial charge in [-0.1, -0.05) is 77.7 Å². The van der Waals surface area contributed by atoms with E-state index in [0.29, 0.717) is 6.54 Å². The van der Waals surface area contributed by atoms with Crippen LogP contribution in [-0.2, 0) is 16.1 Å². The molecule has 0 aliphatic heterocycles. The van der Waals surface area contributed by atoms with Crippen molar-refractivity contribution in [2.75, 3.05) is 5.88 Å². The minimum atomic E-state index is -0.693. The van der Waals surface area contributed by atoms with Crippen molar-refractivity contribution in [3.63, 3.8) is 0 Å². The van der Waals surface area contributed by atoms with Gasteiger partial charge in [0.2, 0.25) is 11.8 Å². The van der Waals surface area contributed by atoms with Crippen LogP contribution in [0.15, 0.2) is 59.1 Å². The van der Waals surface area contributed by atoms with Gasteiger partial charge in [-0.15, -0.1) is 11.6 Å². The Hall–Kier alpha value is -1.85. The molecular formula is C23H26BrClN2O2. The summed E-state index contributed by atoms with van der Waals surface area (Å²) >= 11 is 9.42. The number of hydrogen-bond acceptors (Lipinski definition) is 2. The van der Waals surface area contributed by atoms with Gasteiger partial charge in [0, 0.05) is 17.1 Å². The molecule has 29 heavy (non-hydrogen) atoms. The SMILES string of the molecule is O=C(NCc1ccccc1)C(c1ccc(Br)cc1)N(C(=O)CCl)C1CCCCC1. The third-order valence-corrected chi connectivity index (χ3v) is 6.15. The number of hydrogen-bond donors (Lipinski definition) is 1. The Bertz CT molecular complexity index is 807. The maximum absolute atomic E-state index is 13.3. The second-order valence-electron chi connectivity index (χ2n) is 7.38. The van der Waals surface area contributed by atoms with E-state index in [1.54, 1.807) is 4.90 Å². The summed E-state index contributed by atoms with van der Waals surface area (Å²) in [5.74, 6) is -0.503. The molecule has 0 aromatic heterocycles. The van der Waals surface area contributed by atoms with Crippen LogP contribution in [0.4, 0.5) is 0 Å². The van der Waals surface area contributed by atoms with Crippen LogP contribution in [0, 0.1) is 0 Å². The second-order valence-corrected chi connectivity index (χ2v) is 8.57. The van der Waals surface area contributed by atoms with Gasteiger partial charge in [0.05, 0.1) is 0 Å². The lowest BCUT2D eigenvalue weighted by molar-refractivity contribution is -0.142. The highest BCUT2D eigenvalue weighted by Gasteiger charge is 2.36. The van der Waals surface area contributed by atoms with Crippen LogP contribution >= 0.6 is 27.5 Å². The van der Waals surface area contributed by atoms with Gasteiger partial charge in [-0.25, -0.2) is 0 Å². The molecule has 1 N–H and O–H groups in total. The highest BCUT2D eigenvalue weighted by molar-refractivity contribution is 9.10.